The molecule has 7 aliphatic heterocycles. The van der Waals surface area contributed by atoms with E-state index in [1.807, 2.05) is 71.7 Å². The van der Waals surface area contributed by atoms with Crippen LogP contribution in [0.1, 0.15) is 185 Å². The van der Waals surface area contributed by atoms with Crippen LogP contribution in [0.3, 0.4) is 0 Å². The van der Waals surface area contributed by atoms with E-state index in [1.54, 1.807) is 103 Å². The van der Waals surface area contributed by atoms with E-state index < -0.39 is 23.8 Å². The fraction of sp³-hybridized carbons (Fsp3) is 0.208. The molecule has 7 aliphatic rings. The van der Waals surface area contributed by atoms with Crippen LogP contribution in [0.25, 0.3) is 111 Å². The second kappa shape index (κ2) is 36.2. The molecule has 27 heteroatoms. The number of amides is 1. The summed E-state index contributed by atoms with van der Waals surface area (Å²) in [7, 11) is 0. The van der Waals surface area contributed by atoms with Crippen LogP contribution in [0.2, 0.25) is 0 Å². The van der Waals surface area contributed by atoms with Crippen molar-refractivity contribution < 1.29 is 66.3 Å². The average molecular weight is 1780 g/mol. The quantitative estimate of drug-likeness (QED) is 0.0654. The van der Waals surface area contributed by atoms with Gasteiger partial charge in [-0.3, -0.25) is 29.3 Å². The van der Waals surface area contributed by atoms with E-state index in [-0.39, 0.29) is 63.6 Å². The Hall–Kier alpha value is -15.3. The highest BCUT2D eigenvalue weighted by Crippen LogP contribution is 2.50. The van der Waals surface area contributed by atoms with Crippen LogP contribution in [-0.2, 0) is 40.4 Å². The minimum atomic E-state index is -0.973. The lowest BCUT2D eigenvalue weighted by Crippen LogP contribution is -2.17. The molecule has 0 atom stereocenters. The molecule has 3 saturated heterocycles. The Kier molecular flexibility index (Phi) is 23.3. The van der Waals surface area contributed by atoms with Crippen molar-refractivity contribution in [2.75, 3.05) is 39.6 Å². The van der Waals surface area contributed by atoms with E-state index >= 15 is 0 Å². The molecular formula is C106H87F4N13O10. The molecule has 0 unspecified atom stereocenters. The first kappa shape index (κ1) is 85.8. The van der Waals surface area contributed by atoms with Crippen molar-refractivity contribution in [3.05, 3.63) is 332 Å². The lowest BCUT2D eigenvalue weighted by atomic mass is 9.89. The highest BCUT2D eigenvalue weighted by molar-refractivity contribution is 6.06. The summed E-state index contributed by atoms with van der Waals surface area (Å²) in [6, 6.07) is 62.8. The van der Waals surface area contributed by atoms with Gasteiger partial charge < -0.3 is 49.0 Å². The van der Waals surface area contributed by atoms with Crippen molar-refractivity contribution in [3.63, 3.8) is 0 Å². The smallest absolute Gasteiger partial charge is 0.335 e. The molecule has 0 saturated carbocycles. The van der Waals surface area contributed by atoms with Gasteiger partial charge in [0.1, 0.15) is 34.5 Å². The summed E-state index contributed by atoms with van der Waals surface area (Å²) >= 11 is 0. The molecule has 9 aromatic carbocycles. The lowest BCUT2D eigenvalue weighted by Gasteiger charge is -2.26. The number of primary amides is 1. The van der Waals surface area contributed by atoms with Crippen molar-refractivity contribution in [2.24, 2.45) is 25.7 Å². The first-order chi connectivity index (χ1) is 64.7. The zero-order valence-electron chi connectivity index (χ0n) is 72.4. The van der Waals surface area contributed by atoms with Gasteiger partial charge in [-0.1, -0.05) is 62.4 Å². The molecule has 23 nitrogen and oxygen atoms in total. The second-order valence-electron chi connectivity index (χ2n) is 34.2. The van der Waals surface area contributed by atoms with Crippen LogP contribution in [-0.4, -0.2) is 142 Å². The number of aromatic carboxylic acids is 3. The second-order valence-corrected chi connectivity index (χ2v) is 34.2. The summed E-state index contributed by atoms with van der Waals surface area (Å²) in [4.78, 5) is 83.3. The Morgan fingerprint density at radius 1 is 0.361 bits per heavy atom. The zero-order chi connectivity index (χ0) is 91.4. The van der Waals surface area contributed by atoms with Gasteiger partial charge >= 0.3 is 17.9 Å². The largest absolute Gasteiger partial charge is 0.478 e. The summed E-state index contributed by atoms with van der Waals surface area (Å²) in [6.07, 6.45) is 12.6. The number of carbonyl (C=O) groups excluding carboxylic acids is 1. The van der Waals surface area contributed by atoms with Gasteiger partial charge in [0.15, 0.2) is 5.65 Å². The van der Waals surface area contributed by atoms with Crippen molar-refractivity contribution >= 4 is 92.8 Å². The first-order valence-corrected chi connectivity index (χ1v) is 44.2. The number of halogens is 4. The van der Waals surface area contributed by atoms with Gasteiger partial charge in [-0.05, 0) is 248 Å². The van der Waals surface area contributed by atoms with Crippen molar-refractivity contribution in [3.8, 4) is 67.3 Å². The molecular weight excluding hydrogens is 1690 g/mol. The van der Waals surface area contributed by atoms with Gasteiger partial charge in [-0.15, -0.1) is 0 Å². The van der Waals surface area contributed by atoms with Crippen molar-refractivity contribution in [2.45, 2.75) is 102 Å². The SMILES string of the molecule is CC(C)c1c(-c2ccc(C(=O)O)cc2)c2nc3c(nc2n1-c1ccc(F)cc1)C=NC3.NC(=O)c1ccc(-c2c(C3CCOCC3)n(-c3ccc(F)cc3)c3cc4c(nc23)CN=C4)cc1.O=C(O)c1ccc(-c2c(C3CCOCC3)n(-c3ccc(F)cc3)c3cc4c(nc23)CN=C4)cc1.O=C(O)c1ccc(-n2c(C3CCOCC3)c(-c3ccc(F)cc3)c3cc4c(cc32)CN=C4)cc1. The number of aliphatic imine (C=N–C) groups is 4. The first-order valence-electron chi connectivity index (χ1n) is 44.2. The number of nitrogens with zero attached hydrogens (tertiary/aromatic N) is 12. The fourth-order valence-corrected chi connectivity index (χ4v) is 19.4. The predicted molar refractivity (Wildman–Crippen MR) is 503 cm³/mol. The Labute approximate surface area is 759 Å². The normalized spacial score (nSPS) is 15.0. The number of hydrogen-bond donors (Lipinski definition) is 4. The maximum atomic E-state index is 13.8. The number of hydrogen-bond acceptors (Lipinski definition) is 15. The molecule has 0 bridgehead atoms. The molecule has 0 radical (unpaired) electrons. The van der Waals surface area contributed by atoms with Crippen LogP contribution >= 0.6 is 0 Å². The summed E-state index contributed by atoms with van der Waals surface area (Å²) in [5.41, 5.74) is 35.8. The van der Waals surface area contributed by atoms with Crippen LogP contribution < -0.4 is 5.73 Å². The summed E-state index contributed by atoms with van der Waals surface area (Å²) in [6.45, 7) is 10.5. The van der Waals surface area contributed by atoms with E-state index in [9.17, 15) is 52.1 Å². The van der Waals surface area contributed by atoms with E-state index in [2.05, 4.69) is 71.8 Å². The number of aromatic nitrogens is 8. The lowest BCUT2D eigenvalue weighted by molar-refractivity contribution is 0.0686. The van der Waals surface area contributed by atoms with Gasteiger partial charge in [0.25, 0.3) is 0 Å². The third kappa shape index (κ3) is 16.5. The summed E-state index contributed by atoms with van der Waals surface area (Å²) in [5.74, 6) is -3.68. The van der Waals surface area contributed by atoms with Crippen molar-refractivity contribution in [1.82, 2.24) is 38.2 Å². The number of pyridine rings is 2. The van der Waals surface area contributed by atoms with Gasteiger partial charge in [0, 0.05) is 172 Å². The number of benzene rings is 9. The fourth-order valence-electron chi connectivity index (χ4n) is 19.4. The molecule has 133 heavy (non-hydrogen) atoms. The van der Waals surface area contributed by atoms with Crippen LogP contribution in [0.15, 0.2) is 238 Å². The molecule has 0 spiro atoms. The van der Waals surface area contributed by atoms with Gasteiger partial charge in [0.05, 0.1) is 87.5 Å². The minimum absolute atomic E-state index is 0.0960. The standard InChI is InChI=1S/C28H23FN2O3.C27H23FN4O2.C27H22FN3O3.C24H19FN4O2/c29-22-5-1-17(2-6-22)26-24-13-20-15-30-16-21(20)14-25(24)31(27(26)18-9-11-34-12-10-18)23-7-3-19(4-8-23)28(32)33;28-20-5-7-21(8-6-20)32-23-13-19-14-30-15-22(19)31-25(23)24(26(32)17-9-11-34-12-10-17)16-1-3-18(4-2-16)27(29)33;28-20-5-7-21(8-6-20)31-23-13-19-14-29-15-22(19)30-25(23)24(26(31)17-9-11-34-12-10-17)16-1-3-18(4-2-16)27(32)33;1-13(2)22-20(14-3-5-15(6-4-14)24(30)31)21-23(28-19-12-26-11-18(19)27-21)29(22)17-9-7-16(25)8-10-17/h1-8,13-15,18H,9-12,16H2,(H,32,33);1-8,13-14,17H,9-12,15H2,(H2,29,33);1-8,13-14,17H,9-12,15H2,(H,32,33);3-10,12-13H,11H2,1-2H3,(H,30,31). The third-order valence-electron chi connectivity index (χ3n) is 25.7. The van der Waals surface area contributed by atoms with E-state index in [0.29, 0.717) is 77.0 Å². The number of carboxylic acid groups (broad SMARTS) is 3. The van der Waals surface area contributed by atoms with E-state index in [4.69, 9.17) is 39.9 Å². The van der Waals surface area contributed by atoms with Gasteiger partial charge in [-0.25, -0.2) is 51.9 Å². The molecule has 14 heterocycles. The molecule has 3 fully saturated rings. The van der Waals surface area contributed by atoms with Gasteiger partial charge in [-0.2, -0.15) is 0 Å². The highest BCUT2D eigenvalue weighted by Gasteiger charge is 2.36. The number of nitrogens with two attached hydrogens (primary N) is 1. The Bertz CT molecular complexity index is 6880. The Morgan fingerprint density at radius 2 is 0.699 bits per heavy atom. The number of carboxylic acids is 3. The topological polar surface area (TPSA) is 303 Å². The number of carbonyl (C=O) groups is 4. The number of ether oxygens (including phenoxy) is 3. The Balaban J connectivity index is 0.000000110. The highest BCUT2D eigenvalue weighted by atomic mass is 19.1. The van der Waals surface area contributed by atoms with E-state index in [1.165, 1.54) is 48.5 Å². The van der Waals surface area contributed by atoms with Crippen LogP contribution in [0.5, 0.6) is 0 Å². The minimum Gasteiger partial charge on any atom is -0.478 e. The maximum absolute atomic E-state index is 13.8. The average Bonchev–Trinajstić information content (AvgIpc) is 1.58. The third-order valence-corrected chi connectivity index (χ3v) is 25.7. The molecule has 5 N–H and O–H groups in total. The monoisotopic (exact) mass is 1780 g/mol. The predicted octanol–water partition coefficient (Wildman–Crippen LogP) is 21.1. The molecule has 7 aromatic heterocycles. The number of rotatable bonds is 16. The molecule has 0 aliphatic carbocycles. The number of fused-ring (bicyclic) bond motifs is 8. The summed E-state index contributed by atoms with van der Waals surface area (Å²) in [5, 5.41) is 29.1. The van der Waals surface area contributed by atoms with Crippen LogP contribution in [0, 0.1) is 23.3 Å². The summed E-state index contributed by atoms with van der Waals surface area (Å²) < 4.78 is 80.8. The van der Waals surface area contributed by atoms with E-state index in [0.717, 1.165) is 212 Å². The zero-order valence-corrected chi connectivity index (χ0v) is 72.4. The Morgan fingerprint density at radius 3 is 1.13 bits per heavy atom. The molecule has 664 valence electrons. The van der Waals surface area contributed by atoms with Crippen LogP contribution in [0.4, 0.5) is 17.6 Å². The molecule has 16 aromatic rings. The van der Waals surface area contributed by atoms with Gasteiger partial charge in [0.2, 0.25) is 5.91 Å². The maximum Gasteiger partial charge on any atom is 0.335 e. The molecule has 23 rings (SSSR count). The molecule has 1 amide bonds. The van der Waals surface area contributed by atoms with Crippen molar-refractivity contribution in [1.29, 1.82) is 0 Å².